The van der Waals surface area contributed by atoms with Crippen LogP contribution in [0.1, 0.15) is 42.3 Å². The average Bonchev–Trinajstić information content (AvgIpc) is 2.94. The monoisotopic (exact) mass is 336 g/mol. The summed E-state index contributed by atoms with van der Waals surface area (Å²) in [7, 11) is 1.48. The summed E-state index contributed by atoms with van der Waals surface area (Å²) in [6.07, 6.45) is 2.01. The maximum atomic E-state index is 12.2. The summed E-state index contributed by atoms with van der Waals surface area (Å²) in [4.78, 5) is 24.3. The molecule has 1 aromatic heterocycles. The second kappa shape index (κ2) is 7.97. The zero-order chi connectivity index (χ0) is 16.8. The molecule has 0 aliphatic rings. The van der Waals surface area contributed by atoms with Crippen LogP contribution >= 0.6 is 11.3 Å². The van der Waals surface area contributed by atoms with Crippen molar-refractivity contribution in [3.63, 3.8) is 0 Å². The number of phenols is 1. The van der Waals surface area contributed by atoms with Gasteiger partial charge >= 0.3 is 5.97 Å². The van der Waals surface area contributed by atoms with Crippen LogP contribution in [-0.4, -0.2) is 30.6 Å². The van der Waals surface area contributed by atoms with E-state index in [1.54, 1.807) is 18.2 Å². The van der Waals surface area contributed by atoms with Gasteiger partial charge in [0.15, 0.2) is 17.3 Å². The lowest BCUT2D eigenvalue weighted by molar-refractivity contribution is -0.143. The topological polar surface area (TPSA) is 72.8 Å². The number of carbonyl (C=O) groups is 2. The normalized spacial score (nSPS) is 10.7. The van der Waals surface area contributed by atoms with E-state index < -0.39 is 0 Å². The van der Waals surface area contributed by atoms with E-state index in [1.165, 1.54) is 18.4 Å². The van der Waals surface area contributed by atoms with Gasteiger partial charge in [0.25, 0.3) is 0 Å². The molecule has 6 heteroatoms. The molecule has 1 N–H and O–H groups in total. The number of rotatable bonds is 8. The third kappa shape index (κ3) is 4.45. The Labute approximate surface area is 138 Å². The first kappa shape index (κ1) is 17.3. The van der Waals surface area contributed by atoms with E-state index in [9.17, 15) is 14.7 Å². The number of unbranched alkanes of at least 4 members (excludes halogenated alkanes) is 1. The number of thiophene rings is 1. The van der Waals surface area contributed by atoms with Crippen molar-refractivity contribution in [3.8, 4) is 11.5 Å². The number of fused-ring (bicyclic) bond motifs is 1. The Bertz CT molecular complexity index is 704. The van der Waals surface area contributed by atoms with E-state index in [0.29, 0.717) is 17.2 Å². The Balaban J connectivity index is 1.99. The highest BCUT2D eigenvalue weighted by atomic mass is 32.1. The third-order valence-electron chi connectivity index (χ3n) is 3.41. The highest BCUT2D eigenvalue weighted by molar-refractivity contribution is 7.20. The second-order valence-electron chi connectivity index (χ2n) is 5.17. The summed E-state index contributed by atoms with van der Waals surface area (Å²) in [5.74, 6) is -0.0292. The van der Waals surface area contributed by atoms with Gasteiger partial charge in [-0.2, -0.15) is 0 Å². The number of carbonyl (C=O) groups excluding carboxylic acids is 2. The van der Waals surface area contributed by atoms with E-state index in [-0.39, 0.29) is 30.3 Å². The fraction of sp³-hybridized carbons (Fsp3) is 0.412. The van der Waals surface area contributed by atoms with Crippen molar-refractivity contribution >= 4 is 33.2 Å². The molecule has 0 atom stereocenters. The number of ketones is 1. The molecule has 0 spiro atoms. The maximum Gasteiger partial charge on any atom is 0.306 e. The zero-order valence-corrected chi connectivity index (χ0v) is 14.1. The van der Waals surface area contributed by atoms with Gasteiger partial charge in [0.1, 0.15) is 0 Å². The molecule has 5 nitrogen and oxygen atoms in total. The zero-order valence-electron chi connectivity index (χ0n) is 13.3. The van der Waals surface area contributed by atoms with Gasteiger partial charge in [0.2, 0.25) is 0 Å². The number of aromatic hydroxyl groups is 1. The lowest BCUT2D eigenvalue weighted by atomic mass is 10.1. The van der Waals surface area contributed by atoms with Crippen LogP contribution in [0.3, 0.4) is 0 Å². The maximum absolute atomic E-state index is 12.2. The number of ether oxygens (including phenoxy) is 2. The second-order valence-corrected chi connectivity index (χ2v) is 6.25. The molecule has 0 saturated carbocycles. The standard InChI is InChI=1S/C17H20O5S/c1-3-4-7-22-17(20)6-5-12(18)16-9-11-8-13(19)14(21-2)10-15(11)23-16/h8-10,19H,3-7H2,1-2H3. The first-order valence-corrected chi connectivity index (χ1v) is 8.36. The van der Waals surface area contributed by atoms with Crippen molar-refractivity contribution in [1.29, 1.82) is 0 Å². The summed E-state index contributed by atoms with van der Waals surface area (Å²) in [6.45, 7) is 2.43. The van der Waals surface area contributed by atoms with Crippen LogP contribution in [0.5, 0.6) is 11.5 Å². The minimum absolute atomic E-state index is 0.0382. The molecule has 1 aromatic carbocycles. The molecule has 0 aliphatic carbocycles. The van der Waals surface area contributed by atoms with Gasteiger partial charge in [-0.05, 0) is 23.9 Å². The Morgan fingerprint density at radius 3 is 2.70 bits per heavy atom. The first-order chi connectivity index (χ1) is 11.0. The highest BCUT2D eigenvalue weighted by Gasteiger charge is 2.15. The number of benzene rings is 1. The van der Waals surface area contributed by atoms with Crippen molar-refractivity contribution in [1.82, 2.24) is 0 Å². The quantitative estimate of drug-likeness (QED) is 0.449. The number of hydrogen-bond donors (Lipinski definition) is 1. The van der Waals surface area contributed by atoms with E-state index in [4.69, 9.17) is 9.47 Å². The van der Waals surface area contributed by atoms with Crippen molar-refractivity contribution < 1.29 is 24.2 Å². The summed E-state index contributed by atoms with van der Waals surface area (Å²) < 4.78 is 11.0. The largest absolute Gasteiger partial charge is 0.504 e. The Kier molecular flexibility index (Phi) is 5.98. The number of hydrogen-bond acceptors (Lipinski definition) is 6. The fourth-order valence-electron chi connectivity index (χ4n) is 2.10. The van der Waals surface area contributed by atoms with Crippen LogP contribution < -0.4 is 4.74 Å². The molecule has 2 rings (SSSR count). The van der Waals surface area contributed by atoms with Crippen LogP contribution in [0.15, 0.2) is 18.2 Å². The summed E-state index contributed by atoms with van der Waals surface area (Å²) in [6, 6.07) is 5.00. The smallest absolute Gasteiger partial charge is 0.306 e. The lowest BCUT2D eigenvalue weighted by Gasteiger charge is -2.02. The van der Waals surface area contributed by atoms with Crippen molar-refractivity contribution in [2.45, 2.75) is 32.6 Å². The fourth-order valence-corrected chi connectivity index (χ4v) is 3.14. The molecule has 23 heavy (non-hydrogen) atoms. The van der Waals surface area contributed by atoms with E-state index in [1.807, 2.05) is 6.92 Å². The van der Waals surface area contributed by atoms with E-state index in [0.717, 1.165) is 22.9 Å². The SMILES string of the molecule is CCCCOC(=O)CCC(=O)c1cc2cc(O)c(OC)cc2s1. The van der Waals surface area contributed by atoms with E-state index in [2.05, 4.69) is 0 Å². The van der Waals surface area contributed by atoms with Gasteiger partial charge in [-0.15, -0.1) is 11.3 Å². The number of methoxy groups -OCH3 is 1. The van der Waals surface area contributed by atoms with Crippen LogP contribution in [0.4, 0.5) is 0 Å². The predicted octanol–water partition coefficient (Wildman–Crippen LogP) is 3.92. The van der Waals surface area contributed by atoms with Crippen LogP contribution in [0.25, 0.3) is 10.1 Å². The minimum atomic E-state index is -0.341. The van der Waals surface area contributed by atoms with Crippen molar-refractivity contribution in [2.75, 3.05) is 13.7 Å². The Morgan fingerprint density at radius 1 is 1.22 bits per heavy atom. The van der Waals surface area contributed by atoms with Gasteiger partial charge in [0, 0.05) is 17.2 Å². The first-order valence-electron chi connectivity index (χ1n) is 7.54. The third-order valence-corrected chi connectivity index (χ3v) is 4.55. The van der Waals surface area contributed by atoms with Gasteiger partial charge in [-0.3, -0.25) is 9.59 Å². The van der Waals surface area contributed by atoms with Crippen LogP contribution in [-0.2, 0) is 9.53 Å². The van der Waals surface area contributed by atoms with Crippen molar-refractivity contribution in [3.05, 3.63) is 23.1 Å². The molecular formula is C17H20O5S. The minimum Gasteiger partial charge on any atom is -0.504 e. The molecule has 0 amide bonds. The molecule has 0 unspecified atom stereocenters. The molecule has 0 radical (unpaired) electrons. The van der Waals surface area contributed by atoms with Crippen LogP contribution in [0.2, 0.25) is 0 Å². The molecule has 0 saturated heterocycles. The molecule has 0 aliphatic heterocycles. The molecule has 2 aromatic rings. The lowest BCUT2D eigenvalue weighted by Crippen LogP contribution is -2.08. The predicted molar refractivity (Wildman–Crippen MR) is 89.5 cm³/mol. The van der Waals surface area contributed by atoms with E-state index >= 15 is 0 Å². The molecule has 124 valence electrons. The van der Waals surface area contributed by atoms with Gasteiger partial charge in [-0.25, -0.2) is 0 Å². The summed E-state index contributed by atoms with van der Waals surface area (Å²) in [5, 5.41) is 10.5. The number of phenolic OH excluding ortho intramolecular Hbond substituents is 1. The molecular weight excluding hydrogens is 316 g/mol. The molecule has 1 heterocycles. The van der Waals surface area contributed by atoms with Gasteiger partial charge in [0.05, 0.1) is 25.0 Å². The summed E-state index contributed by atoms with van der Waals surface area (Å²) >= 11 is 1.32. The number of Topliss-reactive ketones (excluding diaryl/α,β-unsaturated/α-hetero) is 1. The van der Waals surface area contributed by atoms with Gasteiger partial charge < -0.3 is 14.6 Å². The molecule has 0 bridgehead atoms. The number of esters is 1. The van der Waals surface area contributed by atoms with Gasteiger partial charge in [-0.1, -0.05) is 13.3 Å². The van der Waals surface area contributed by atoms with Crippen LogP contribution in [0, 0.1) is 0 Å². The summed E-state index contributed by atoms with van der Waals surface area (Å²) in [5.41, 5.74) is 0. The Morgan fingerprint density at radius 2 is 2.00 bits per heavy atom. The highest BCUT2D eigenvalue weighted by Crippen LogP contribution is 2.36. The van der Waals surface area contributed by atoms with Crippen molar-refractivity contribution in [2.24, 2.45) is 0 Å². The average molecular weight is 336 g/mol. The Hall–Kier alpha value is -2.08. The molecule has 0 fully saturated rings.